The van der Waals surface area contributed by atoms with Crippen molar-refractivity contribution in [3.63, 3.8) is 0 Å². The fraction of sp³-hybridized carbons (Fsp3) is 0.0385. The monoisotopic (exact) mass is 372 g/mol. The highest BCUT2D eigenvalue weighted by molar-refractivity contribution is 6.10. The number of rotatable bonds is 1. The quantitative estimate of drug-likeness (QED) is 0.316. The van der Waals surface area contributed by atoms with Crippen molar-refractivity contribution in [2.75, 3.05) is 0 Å². The van der Waals surface area contributed by atoms with Crippen LogP contribution in [0.15, 0.2) is 83.3 Å². The number of furan rings is 1. The maximum atomic E-state index is 9.39. The summed E-state index contributed by atoms with van der Waals surface area (Å²) in [5.74, 6) is 0. The third-order valence-corrected chi connectivity index (χ3v) is 5.71. The van der Waals surface area contributed by atoms with Gasteiger partial charge in [-0.25, -0.2) is 0 Å². The molecule has 0 N–H and O–H groups in total. The molecule has 0 aliphatic carbocycles. The topological polar surface area (TPSA) is 41.9 Å². The first kappa shape index (κ1) is 16.0. The van der Waals surface area contributed by atoms with Gasteiger partial charge in [-0.1, -0.05) is 36.4 Å². The Morgan fingerprint density at radius 3 is 2.14 bits per heavy atom. The van der Waals surface area contributed by atoms with Crippen LogP contribution in [0.4, 0.5) is 0 Å². The minimum absolute atomic E-state index is 0.653. The first-order chi connectivity index (χ1) is 14.2. The fourth-order valence-corrected chi connectivity index (χ4v) is 4.44. The van der Waals surface area contributed by atoms with Crippen LogP contribution in [0.1, 0.15) is 11.1 Å². The van der Waals surface area contributed by atoms with Gasteiger partial charge in [0.1, 0.15) is 11.2 Å². The lowest BCUT2D eigenvalue weighted by Gasteiger charge is -2.08. The van der Waals surface area contributed by atoms with E-state index in [1.165, 1.54) is 21.8 Å². The minimum atomic E-state index is 0.653. The number of para-hydroxylation sites is 2. The van der Waals surface area contributed by atoms with Crippen molar-refractivity contribution in [1.29, 1.82) is 5.26 Å². The molecule has 0 fully saturated rings. The van der Waals surface area contributed by atoms with E-state index in [0.717, 1.165) is 33.2 Å². The van der Waals surface area contributed by atoms with Crippen molar-refractivity contribution in [1.82, 2.24) is 4.57 Å². The summed E-state index contributed by atoms with van der Waals surface area (Å²) in [5, 5.41) is 13.9. The fourth-order valence-electron chi connectivity index (χ4n) is 4.44. The Hall–Kier alpha value is -4.03. The third kappa shape index (κ3) is 2.17. The van der Waals surface area contributed by atoms with Crippen molar-refractivity contribution in [2.24, 2.45) is 0 Å². The molecule has 0 atom stereocenters. The molecule has 0 bridgehead atoms. The molecule has 136 valence electrons. The van der Waals surface area contributed by atoms with Crippen molar-refractivity contribution < 1.29 is 4.42 Å². The van der Waals surface area contributed by atoms with Crippen LogP contribution in [0.5, 0.6) is 0 Å². The summed E-state index contributed by atoms with van der Waals surface area (Å²) in [6, 6.07) is 29.3. The molecule has 3 heteroatoms. The second kappa shape index (κ2) is 5.73. The molecular formula is C26H16N2O. The lowest BCUT2D eigenvalue weighted by Crippen LogP contribution is -1.93. The predicted octanol–water partition coefficient (Wildman–Crippen LogP) is 6.86. The summed E-state index contributed by atoms with van der Waals surface area (Å²) >= 11 is 0. The lowest BCUT2D eigenvalue weighted by atomic mass is 10.1. The van der Waals surface area contributed by atoms with E-state index in [2.05, 4.69) is 71.3 Å². The van der Waals surface area contributed by atoms with Gasteiger partial charge in [0.2, 0.25) is 0 Å². The van der Waals surface area contributed by atoms with Crippen LogP contribution in [-0.2, 0) is 0 Å². The van der Waals surface area contributed by atoms with Crippen molar-refractivity contribution in [3.8, 4) is 11.8 Å². The average molecular weight is 372 g/mol. The highest BCUT2D eigenvalue weighted by atomic mass is 16.3. The number of aryl methyl sites for hydroxylation is 1. The molecule has 2 aromatic heterocycles. The van der Waals surface area contributed by atoms with Gasteiger partial charge < -0.3 is 8.98 Å². The number of benzene rings is 4. The Bertz CT molecular complexity index is 1570. The van der Waals surface area contributed by atoms with Crippen LogP contribution in [0.25, 0.3) is 49.4 Å². The van der Waals surface area contributed by atoms with Crippen LogP contribution in [-0.4, -0.2) is 4.57 Å². The van der Waals surface area contributed by atoms with E-state index in [1.807, 2.05) is 25.1 Å². The Balaban J connectivity index is 1.73. The Morgan fingerprint density at radius 2 is 1.45 bits per heavy atom. The highest BCUT2D eigenvalue weighted by Crippen LogP contribution is 2.36. The van der Waals surface area contributed by atoms with Gasteiger partial charge in [-0.3, -0.25) is 0 Å². The average Bonchev–Trinajstić information content (AvgIpc) is 3.29. The molecule has 0 amide bonds. The van der Waals surface area contributed by atoms with Gasteiger partial charge in [-0.2, -0.15) is 5.26 Å². The molecule has 0 saturated heterocycles. The van der Waals surface area contributed by atoms with Crippen LogP contribution in [0.3, 0.4) is 0 Å². The Kier molecular flexibility index (Phi) is 3.16. The molecule has 6 rings (SSSR count). The maximum absolute atomic E-state index is 9.39. The summed E-state index contributed by atoms with van der Waals surface area (Å²) in [6.07, 6.45) is 0. The summed E-state index contributed by atoms with van der Waals surface area (Å²) in [4.78, 5) is 0. The first-order valence-corrected chi connectivity index (χ1v) is 9.60. The summed E-state index contributed by atoms with van der Waals surface area (Å²) in [6.45, 7) is 1.99. The van der Waals surface area contributed by atoms with Gasteiger partial charge in [0.15, 0.2) is 0 Å². The highest BCUT2D eigenvalue weighted by Gasteiger charge is 2.15. The molecule has 0 saturated carbocycles. The van der Waals surface area contributed by atoms with Gasteiger partial charge >= 0.3 is 0 Å². The molecule has 6 aromatic rings. The van der Waals surface area contributed by atoms with E-state index < -0.39 is 0 Å². The summed E-state index contributed by atoms with van der Waals surface area (Å²) < 4.78 is 8.41. The molecule has 4 aromatic carbocycles. The van der Waals surface area contributed by atoms with Crippen LogP contribution in [0.2, 0.25) is 0 Å². The van der Waals surface area contributed by atoms with E-state index in [0.29, 0.717) is 5.56 Å². The zero-order chi connectivity index (χ0) is 19.5. The van der Waals surface area contributed by atoms with E-state index in [4.69, 9.17) is 4.42 Å². The largest absolute Gasteiger partial charge is 0.456 e. The molecule has 0 aliphatic rings. The zero-order valence-electron chi connectivity index (χ0n) is 15.8. The standard InChI is InChI=1S/C26H16N2O/c1-16-12-17(15-27)13-22-21-14-18(10-11-25(21)29-26(16)22)28-23-8-4-2-6-19(23)20-7-3-5-9-24(20)28/h2-14H,1H3. The third-order valence-electron chi connectivity index (χ3n) is 5.71. The number of nitriles is 1. The van der Waals surface area contributed by atoms with E-state index in [-0.39, 0.29) is 0 Å². The number of fused-ring (bicyclic) bond motifs is 6. The zero-order valence-corrected chi connectivity index (χ0v) is 15.8. The Labute approximate surface area is 167 Å². The SMILES string of the molecule is Cc1cc(C#N)cc2c1oc1ccc(-n3c4ccccc4c4ccccc43)cc12. The normalized spacial score (nSPS) is 11.6. The van der Waals surface area contributed by atoms with Crippen molar-refractivity contribution >= 4 is 43.7 Å². The van der Waals surface area contributed by atoms with Gasteiger partial charge in [0, 0.05) is 27.2 Å². The predicted molar refractivity (Wildman–Crippen MR) is 118 cm³/mol. The second-order valence-corrected chi connectivity index (χ2v) is 7.43. The van der Waals surface area contributed by atoms with Gasteiger partial charge in [-0.15, -0.1) is 0 Å². The smallest absolute Gasteiger partial charge is 0.138 e. The number of nitrogens with zero attached hydrogens (tertiary/aromatic N) is 2. The van der Waals surface area contributed by atoms with Gasteiger partial charge in [0.05, 0.1) is 22.7 Å². The molecule has 2 heterocycles. The van der Waals surface area contributed by atoms with Gasteiger partial charge in [0.25, 0.3) is 0 Å². The summed E-state index contributed by atoms with van der Waals surface area (Å²) in [7, 11) is 0. The molecule has 0 spiro atoms. The molecule has 0 radical (unpaired) electrons. The summed E-state index contributed by atoms with van der Waals surface area (Å²) in [5.41, 5.74) is 6.75. The van der Waals surface area contributed by atoms with E-state index in [1.54, 1.807) is 0 Å². The maximum Gasteiger partial charge on any atom is 0.138 e. The van der Waals surface area contributed by atoms with E-state index in [9.17, 15) is 5.26 Å². The Morgan fingerprint density at radius 1 is 0.759 bits per heavy atom. The number of aromatic nitrogens is 1. The van der Waals surface area contributed by atoms with Crippen LogP contribution < -0.4 is 0 Å². The molecule has 0 aliphatic heterocycles. The van der Waals surface area contributed by atoms with Gasteiger partial charge in [-0.05, 0) is 55.0 Å². The van der Waals surface area contributed by atoms with Crippen molar-refractivity contribution in [3.05, 3.63) is 90.0 Å². The van der Waals surface area contributed by atoms with Crippen LogP contribution >= 0.6 is 0 Å². The van der Waals surface area contributed by atoms with E-state index >= 15 is 0 Å². The van der Waals surface area contributed by atoms with Crippen LogP contribution in [0, 0.1) is 18.3 Å². The molecule has 0 unspecified atom stereocenters. The first-order valence-electron chi connectivity index (χ1n) is 9.60. The second-order valence-electron chi connectivity index (χ2n) is 7.43. The molecule has 29 heavy (non-hydrogen) atoms. The van der Waals surface area contributed by atoms with Crippen molar-refractivity contribution in [2.45, 2.75) is 6.92 Å². The minimum Gasteiger partial charge on any atom is -0.456 e. The lowest BCUT2D eigenvalue weighted by molar-refractivity contribution is 0.665. The molecular weight excluding hydrogens is 356 g/mol. The molecule has 3 nitrogen and oxygen atoms in total. The number of hydrogen-bond donors (Lipinski definition) is 0. The number of hydrogen-bond acceptors (Lipinski definition) is 2.